The molecule has 0 aromatic heterocycles. The van der Waals surface area contributed by atoms with Crippen molar-refractivity contribution in [3.63, 3.8) is 0 Å². The van der Waals surface area contributed by atoms with E-state index in [1.807, 2.05) is 24.3 Å². The third-order valence-corrected chi connectivity index (χ3v) is 2.69. The number of benzene rings is 1. The van der Waals surface area contributed by atoms with Gasteiger partial charge in [-0.1, -0.05) is 56.2 Å². The summed E-state index contributed by atoms with van der Waals surface area (Å²) in [4.78, 5) is 0. The minimum atomic E-state index is 0.236. The van der Waals surface area contributed by atoms with Crippen LogP contribution in [0.15, 0.2) is 29.8 Å². The van der Waals surface area contributed by atoms with Crippen LogP contribution in [-0.4, -0.2) is 0 Å². The van der Waals surface area contributed by atoms with E-state index in [4.69, 9.17) is 11.6 Å². The standard InChI is InChI=1S/C13H17Cl/c1-10(13(2,3)4)9-11-5-7-12(14)8-6-11/h5-9H,1-4H3. The topological polar surface area (TPSA) is 0 Å². The van der Waals surface area contributed by atoms with Crippen molar-refractivity contribution in [2.24, 2.45) is 5.41 Å². The molecule has 1 rings (SSSR count). The first-order chi connectivity index (χ1) is 6.39. The van der Waals surface area contributed by atoms with Crippen molar-refractivity contribution >= 4 is 17.7 Å². The van der Waals surface area contributed by atoms with E-state index in [1.54, 1.807) is 0 Å². The Morgan fingerprint density at radius 3 is 2.07 bits per heavy atom. The maximum absolute atomic E-state index is 5.82. The highest BCUT2D eigenvalue weighted by molar-refractivity contribution is 6.30. The van der Waals surface area contributed by atoms with Crippen molar-refractivity contribution in [1.82, 2.24) is 0 Å². The van der Waals surface area contributed by atoms with Crippen LogP contribution >= 0.6 is 11.6 Å². The lowest BCUT2D eigenvalue weighted by Gasteiger charge is -2.19. The van der Waals surface area contributed by atoms with Gasteiger partial charge in [0.25, 0.3) is 0 Å². The molecule has 0 unspecified atom stereocenters. The van der Waals surface area contributed by atoms with Gasteiger partial charge in [0.05, 0.1) is 0 Å². The fourth-order valence-corrected chi connectivity index (χ4v) is 1.15. The summed E-state index contributed by atoms with van der Waals surface area (Å²) < 4.78 is 0. The van der Waals surface area contributed by atoms with Crippen molar-refractivity contribution in [3.05, 3.63) is 40.4 Å². The summed E-state index contributed by atoms with van der Waals surface area (Å²) in [5.41, 5.74) is 2.82. The zero-order chi connectivity index (χ0) is 10.8. The molecule has 0 aliphatic carbocycles. The Hall–Kier alpha value is -0.750. The molecule has 0 aliphatic rings. The van der Waals surface area contributed by atoms with Crippen molar-refractivity contribution in [2.75, 3.05) is 0 Å². The van der Waals surface area contributed by atoms with Crippen molar-refractivity contribution in [1.29, 1.82) is 0 Å². The first kappa shape index (κ1) is 11.3. The average molecular weight is 209 g/mol. The number of allylic oxidation sites excluding steroid dienone is 1. The van der Waals surface area contributed by atoms with Gasteiger partial charge in [0.2, 0.25) is 0 Å². The highest BCUT2D eigenvalue weighted by atomic mass is 35.5. The van der Waals surface area contributed by atoms with Gasteiger partial charge in [-0.05, 0) is 30.0 Å². The molecule has 0 aliphatic heterocycles. The summed E-state index contributed by atoms with van der Waals surface area (Å²) in [5, 5.41) is 0.788. The molecule has 0 N–H and O–H groups in total. The normalized spacial score (nSPS) is 13.1. The Morgan fingerprint density at radius 2 is 1.64 bits per heavy atom. The molecular formula is C13H17Cl. The van der Waals surface area contributed by atoms with E-state index in [0.29, 0.717) is 0 Å². The van der Waals surface area contributed by atoms with Crippen LogP contribution in [-0.2, 0) is 0 Å². The smallest absolute Gasteiger partial charge is 0.0406 e. The Kier molecular flexibility index (Phi) is 3.38. The molecule has 0 bridgehead atoms. The van der Waals surface area contributed by atoms with Gasteiger partial charge in [0, 0.05) is 5.02 Å². The highest BCUT2D eigenvalue weighted by Gasteiger charge is 2.11. The van der Waals surface area contributed by atoms with E-state index < -0.39 is 0 Å². The van der Waals surface area contributed by atoms with E-state index in [0.717, 1.165) is 5.02 Å². The Morgan fingerprint density at radius 1 is 1.14 bits per heavy atom. The Labute approximate surface area is 91.6 Å². The molecule has 1 aromatic carbocycles. The third-order valence-electron chi connectivity index (χ3n) is 2.44. The van der Waals surface area contributed by atoms with Crippen molar-refractivity contribution < 1.29 is 0 Å². The average Bonchev–Trinajstić information content (AvgIpc) is 2.07. The number of hydrogen-bond acceptors (Lipinski definition) is 0. The van der Waals surface area contributed by atoms with Crippen LogP contribution in [0.4, 0.5) is 0 Å². The fraction of sp³-hybridized carbons (Fsp3) is 0.385. The lowest BCUT2D eigenvalue weighted by atomic mass is 9.86. The van der Waals surface area contributed by atoms with Gasteiger partial charge in [-0.3, -0.25) is 0 Å². The largest absolute Gasteiger partial charge is 0.0843 e. The second kappa shape index (κ2) is 4.18. The summed E-state index contributed by atoms with van der Waals surface area (Å²) in [7, 11) is 0. The Bertz CT molecular complexity index is 325. The molecule has 0 radical (unpaired) electrons. The molecule has 0 amide bonds. The van der Waals surface area contributed by atoms with E-state index in [9.17, 15) is 0 Å². The van der Waals surface area contributed by atoms with Gasteiger partial charge in [-0.2, -0.15) is 0 Å². The summed E-state index contributed by atoms with van der Waals surface area (Å²) >= 11 is 5.82. The second-order valence-corrected chi connectivity index (χ2v) is 5.07. The molecule has 0 saturated heterocycles. The molecular weight excluding hydrogens is 192 g/mol. The summed E-state index contributed by atoms with van der Waals surface area (Å²) in [6, 6.07) is 7.92. The van der Waals surface area contributed by atoms with Crippen LogP contribution < -0.4 is 0 Å². The maximum atomic E-state index is 5.82. The van der Waals surface area contributed by atoms with E-state index in [1.165, 1.54) is 11.1 Å². The maximum Gasteiger partial charge on any atom is 0.0406 e. The van der Waals surface area contributed by atoms with Gasteiger partial charge in [-0.25, -0.2) is 0 Å². The van der Waals surface area contributed by atoms with E-state index in [2.05, 4.69) is 33.8 Å². The first-order valence-corrected chi connectivity index (χ1v) is 5.22. The molecule has 0 spiro atoms. The van der Waals surface area contributed by atoms with Crippen molar-refractivity contribution in [3.8, 4) is 0 Å². The summed E-state index contributed by atoms with van der Waals surface area (Å²) in [6.45, 7) is 8.81. The SMILES string of the molecule is CC(=Cc1ccc(Cl)cc1)C(C)(C)C. The second-order valence-electron chi connectivity index (χ2n) is 4.63. The van der Waals surface area contributed by atoms with Crippen LogP contribution in [0.25, 0.3) is 6.08 Å². The van der Waals surface area contributed by atoms with Gasteiger partial charge in [0.15, 0.2) is 0 Å². The van der Waals surface area contributed by atoms with E-state index in [-0.39, 0.29) is 5.41 Å². The number of rotatable bonds is 1. The molecule has 1 heteroatoms. The molecule has 0 atom stereocenters. The van der Waals surface area contributed by atoms with Crippen LogP contribution in [0.2, 0.25) is 5.02 Å². The van der Waals surface area contributed by atoms with Crippen LogP contribution in [0, 0.1) is 5.41 Å². The zero-order valence-corrected chi connectivity index (χ0v) is 10.0. The lowest BCUT2D eigenvalue weighted by Crippen LogP contribution is -2.05. The molecule has 0 heterocycles. The molecule has 0 saturated carbocycles. The molecule has 0 nitrogen and oxygen atoms in total. The fourth-order valence-electron chi connectivity index (χ4n) is 1.03. The van der Waals surface area contributed by atoms with Gasteiger partial charge in [-0.15, -0.1) is 0 Å². The zero-order valence-electron chi connectivity index (χ0n) is 9.26. The molecule has 14 heavy (non-hydrogen) atoms. The Balaban J connectivity index is 2.93. The van der Waals surface area contributed by atoms with Gasteiger partial charge >= 0.3 is 0 Å². The molecule has 1 aromatic rings. The quantitative estimate of drug-likeness (QED) is 0.623. The molecule has 76 valence electrons. The van der Waals surface area contributed by atoms with Gasteiger partial charge in [0.1, 0.15) is 0 Å². The van der Waals surface area contributed by atoms with E-state index >= 15 is 0 Å². The molecule has 0 fully saturated rings. The number of hydrogen-bond donors (Lipinski definition) is 0. The van der Waals surface area contributed by atoms with Crippen LogP contribution in [0.3, 0.4) is 0 Å². The predicted octanol–water partition coefficient (Wildman–Crippen LogP) is 4.79. The summed E-state index contributed by atoms with van der Waals surface area (Å²) in [5.74, 6) is 0. The first-order valence-electron chi connectivity index (χ1n) is 4.84. The number of halogens is 1. The minimum absolute atomic E-state index is 0.236. The highest BCUT2D eigenvalue weighted by Crippen LogP contribution is 2.26. The minimum Gasteiger partial charge on any atom is -0.0843 e. The monoisotopic (exact) mass is 208 g/mol. The van der Waals surface area contributed by atoms with Gasteiger partial charge < -0.3 is 0 Å². The third kappa shape index (κ3) is 3.19. The van der Waals surface area contributed by atoms with Crippen molar-refractivity contribution in [2.45, 2.75) is 27.7 Å². The predicted molar refractivity (Wildman–Crippen MR) is 64.6 cm³/mol. The summed E-state index contributed by atoms with van der Waals surface area (Å²) in [6.07, 6.45) is 2.20. The van der Waals surface area contributed by atoms with Crippen LogP contribution in [0.1, 0.15) is 33.3 Å². The lowest BCUT2D eigenvalue weighted by molar-refractivity contribution is 0.508. The van der Waals surface area contributed by atoms with Crippen LogP contribution in [0.5, 0.6) is 0 Å².